The van der Waals surface area contributed by atoms with Gasteiger partial charge in [-0.25, -0.2) is 0 Å². The highest BCUT2D eigenvalue weighted by molar-refractivity contribution is 9.10. The van der Waals surface area contributed by atoms with Gasteiger partial charge in [-0.15, -0.1) is 0 Å². The molecule has 0 spiro atoms. The van der Waals surface area contributed by atoms with E-state index >= 15 is 0 Å². The highest BCUT2D eigenvalue weighted by atomic mass is 79.9. The van der Waals surface area contributed by atoms with Crippen LogP contribution in [0.25, 0.3) is 12.2 Å². The van der Waals surface area contributed by atoms with Gasteiger partial charge in [-0.3, -0.25) is 10.1 Å². The van der Waals surface area contributed by atoms with Gasteiger partial charge in [0, 0.05) is 0 Å². The van der Waals surface area contributed by atoms with E-state index in [9.17, 15) is 10.1 Å². The number of ether oxygens (including phenoxy) is 2. The van der Waals surface area contributed by atoms with Gasteiger partial charge in [0.1, 0.15) is 0 Å². The number of aryl methyl sites for hydroxylation is 1. The second-order valence-electron chi connectivity index (χ2n) is 5.18. The lowest BCUT2D eigenvalue weighted by Gasteiger charge is -2.14. The van der Waals surface area contributed by atoms with Crippen molar-refractivity contribution in [3.8, 4) is 11.5 Å². The molecule has 1 aromatic heterocycles. The van der Waals surface area contributed by atoms with Crippen molar-refractivity contribution in [1.82, 2.24) is 5.16 Å². The summed E-state index contributed by atoms with van der Waals surface area (Å²) in [5.41, 5.74) is 0.884. The van der Waals surface area contributed by atoms with Crippen molar-refractivity contribution in [3.63, 3.8) is 0 Å². The standard InChI is InChI=1S/C17H19BrN2O5/c1-4-8-24-17-13(18)9-12(10-15(17)23-5-2)6-7-14-16(20(21)22)11(3)19-25-14/h6-7,9-10H,4-5,8H2,1-3H3/b7-6+. The molecule has 1 aromatic carbocycles. The highest BCUT2D eigenvalue weighted by Crippen LogP contribution is 2.37. The van der Waals surface area contributed by atoms with Crippen molar-refractivity contribution >= 4 is 33.8 Å². The average molecular weight is 411 g/mol. The number of nitro groups is 1. The van der Waals surface area contributed by atoms with Crippen molar-refractivity contribution < 1.29 is 18.9 Å². The molecule has 8 heteroatoms. The molecule has 0 aliphatic heterocycles. The number of aromatic nitrogens is 1. The van der Waals surface area contributed by atoms with Gasteiger partial charge in [-0.2, -0.15) is 0 Å². The van der Waals surface area contributed by atoms with Gasteiger partial charge in [-0.05, 0) is 60.0 Å². The molecule has 0 atom stereocenters. The quantitative estimate of drug-likeness (QED) is 0.448. The predicted molar refractivity (Wildman–Crippen MR) is 97.9 cm³/mol. The van der Waals surface area contributed by atoms with Crippen LogP contribution >= 0.6 is 15.9 Å². The number of halogens is 1. The molecule has 0 aliphatic carbocycles. The van der Waals surface area contributed by atoms with Crippen LogP contribution in [0.5, 0.6) is 11.5 Å². The van der Waals surface area contributed by atoms with Crippen LogP contribution in [-0.4, -0.2) is 23.3 Å². The maximum absolute atomic E-state index is 11.1. The molecular weight excluding hydrogens is 392 g/mol. The van der Waals surface area contributed by atoms with Crippen LogP contribution in [0.2, 0.25) is 0 Å². The molecule has 0 amide bonds. The van der Waals surface area contributed by atoms with Crippen LogP contribution in [0.3, 0.4) is 0 Å². The van der Waals surface area contributed by atoms with Crippen LogP contribution in [0.4, 0.5) is 5.69 Å². The maximum Gasteiger partial charge on any atom is 0.338 e. The zero-order chi connectivity index (χ0) is 18.4. The third-order valence-corrected chi connectivity index (χ3v) is 3.84. The molecule has 0 bridgehead atoms. The fraction of sp³-hybridized carbons (Fsp3) is 0.353. The number of hydrogen-bond donors (Lipinski definition) is 0. The number of rotatable bonds is 8. The van der Waals surface area contributed by atoms with Crippen molar-refractivity contribution in [3.05, 3.63) is 43.7 Å². The molecule has 0 radical (unpaired) electrons. The normalized spacial score (nSPS) is 11.0. The summed E-state index contributed by atoms with van der Waals surface area (Å²) in [6, 6.07) is 3.66. The molecule has 0 saturated heterocycles. The lowest BCUT2D eigenvalue weighted by molar-refractivity contribution is -0.386. The topological polar surface area (TPSA) is 87.6 Å². The maximum atomic E-state index is 11.1. The lowest BCUT2D eigenvalue weighted by atomic mass is 10.1. The number of nitrogens with zero attached hydrogens (tertiary/aromatic N) is 2. The fourth-order valence-electron chi connectivity index (χ4n) is 2.18. The summed E-state index contributed by atoms with van der Waals surface area (Å²) in [6.45, 7) is 6.52. The van der Waals surface area contributed by atoms with Gasteiger partial charge < -0.3 is 14.0 Å². The Hall–Kier alpha value is -2.35. The van der Waals surface area contributed by atoms with Gasteiger partial charge >= 0.3 is 5.69 Å². The van der Waals surface area contributed by atoms with Crippen molar-refractivity contribution in [1.29, 1.82) is 0 Å². The molecule has 134 valence electrons. The van der Waals surface area contributed by atoms with Gasteiger partial charge in [-0.1, -0.05) is 18.2 Å². The average Bonchev–Trinajstić information content (AvgIpc) is 2.93. The van der Waals surface area contributed by atoms with E-state index in [4.69, 9.17) is 14.0 Å². The van der Waals surface area contributed by atoms with E-state index in [0.29, 0.717) is 24.7 Å². The number of hydrogen-bond acceptors (Lipinski definition) is 6. The Labute approximate surface area is 153 Å². The van der Waals surface area contributed by atoms with Crippen LogP contribution in [0.1, 0.15) is 37.3 Å². The minimum Gasteiger partial charge on any atom is -0.490 e. The van der Waals surface area contributed by atoms with Crippen LogP contribution in [0, 0.1) is 17.0 Å². The molecule has 25 heavy (non-hydrogen) atoms. The predicted octanol–water partition coefficient (Wildman–Crippen LogP) is 5.01. The third kappa shape index (κ3) is 4.60. The van der Waals surface area contributed by atoms with Crippen LogP contribution < -0.4 is 9.47 Å². The second kappa shape index (κ2) is 8.66. The van der Waals surface area contributed by atoms with Gasteiger partial charge in [0.15, 0.2) is 17.2 Å². The Bertz CT molecular complexity index is 786. The molecule has 0 unspecified atom stereocenters. The smallest absolute Gasteiger partial charge is 0.338 e. The highest BCUT2D eigenvalue weighted by Gasteiger charge is 2.22. The van der Waals surface area contributed by atoms with Crippen molar-refractivity contribution in [2.45, 2.75) is 27.2 Å². The summed E-state index contributed by atoms with van der Waals surface area (Å²) in [4.78, 5) is 10.6. The first-order valence-corrected chi connectivity index (χ1v) is 8.65. The SMILES string of the molecule is CCCOc1c(Br)cc(/C=C/c2onc(C)c2[N+](=O)[O-])cc1OCC. The Kier molecular flexibility index (Phi) is 6.58. The zero-order valence-electron chi connectivity index (χ0n) is 14.2. The van der Waals surface area contributed by atoms with E-state index in [-0.39, 0.29) is 17.1 Å². The molecule has 7 nitrogen and oxygen atoms in total. The van der Waals surface area contributed by atoms with Crippen LogP contribution in [0.15, 0.2) is 21.1 Å². The number of benzene rings is 1. The Morgan fingerprint density at radius 2 is 2.08 bits per heavy atom. The van der Waals surface area contributed by atoms with Crippen molar-refractivity contribution in [2.24, 2.45) is 0 Å². The lowest BCUT2D eigenvalue weighted by Crippen LogP contribution is -2.01. The first-order chi connectivity index (χ1) is 12.0. The molecule has 0 N–H and O–H groups in total. The summed E-state index contributed by atoms with van der Waals surface area (Å²) in [7, 11) is 0. The largest absolute Gasteiger partial charge is 0.490 e. The van der Waals surface area contributed by atoms with E-state index in [1.54, 1.807) is 6.08 Å². The van der Waals surface area contributed by atoms with E-state index in [1.165, 1.54) is 13.0 Å². The Balaban J connectivity index is 2.35. The monoisotopic (exact) mass is 410 g/mol. The summed E-state index contributed by atoms with van der Waals surface area (Å²) >= 11 is 3.48. The van der Waals surface area contributed by atoms with E-state index in [1.807, 2.05) is 26.0 Å². The molecule has 0 saturated carbocycles. The minimum absolute atomic E-state index is 0.0999. The molecule has 2 rings (SSSR count). The van der Waals surface area contributed by atoms with E-state index < -0.39 is 4.92 Å². The second-order valence-corrected chi connectivity index (χ2v) is 6.04. The zero-order valence-corrected chi connectivity index (χ0v) is 15.8. The summed E-state index contributed by atoms with van der Waals surface area (Å²) in [5.74, 6) is 1.35. The Morgan fingerprint density at radius 3 is 2.72 bits per heavy atom. The van der Waals surface area contributed by atoms with Crippen LogP contribution in [-0.2, 0) is 0 Å². The molecule has 1 heterocycles. The minimum atomic E-state index is -0.505. The molecular formula is C17H19BrN2O5. The summed E-state index contributed by atoms with van der Waals surface area (Å²) in [5, 5.41) is 14.7. The van der Waals surface area contributed by atoms with Crippen molar-refractivity contribution in [2.75, 3.05) is 13.2 Å². The van der Waals surface area contributed by atoms with E-state index in [2.05, 4.69) is 21.1 Å². The third-order valence-electron chi connectivity index (χ3n) is 3.25. The summed E-state index contributed by atoms with van der Waals surface area (Å²) < 4.78 is 17.1. The fourth-order valence-corrected chi connectivity index (χ4v) is 2.75. The Morgan fingerprint density at radius 1 is 1.32 bits per heavy atom. The molecule has 2 aromatic rings. The molecule has 0 aliphatic rings. The first kappa shape index (κ1) is 19.0. The van der Waals surface area contributed by atoms with Gasteiger partial charge in [0.25, 0.3) is 0 Å². The molecule has 0 fully saturated rings. The summed E-state index contributed by atoms with van der Waals surface area (Å²) in [6.07, 6.45) is 4.10. The van der Waals surface area contributed by atoms with E-state index in [0.717, 1.165) is 16.5 Å². The van der Waals surface area contributed by atoms with Gasteiger partial charge in [0.05, 0.1) is 22.6 Å². The van der Waals surface area contributed by atoms with Gasteiger partial charge in [0.2, 0.25) is 5.76 Å². The first-order valence-electron chi connectivity index (χ1n) is 7.85.